The summed E-state index contributed by atoms with van der Waals surface area (Å²) in [6.45, 7) is 14.4. The number of nitrogens with one attached hydrogen (secondary N) is 3. The van der Waals surface area contributed by atoms with E-state index in [0.717, 1.165) is 15.4 Å². The quantitative estimate of drug-likeness (QED) is 0.0447. The van der Waals surface area contributed by atoms with Crippen molar-refractivity contribution in [2.24, 2.45) is 10.9 Å². The molecule has 3 aromatic carbocycles. The van der Waals surface area contributed by atoms with Crippen molar-refractivity contribution in [2.75, 3.05) is 57.3 Å². The lowest BCUT2D eigenvalue weighted by molar-refractivity contribution is -0.137. The van der Waals surface area contributed by atoms with E-state index in [0.29, 0.717) is 97.7 Å². The van der Waals surface area contributed by atoms with Crippen LogP contribution in [0.1, 0.15) is 105 Å². The number of methoxy groups -OCH3 is 2. The standard InChI is InChI=1S/C59H70N8O14/c1-34(2)53(63-50(68)14-10-8-11-21-64-51(69)19-20-52(64)70)55(72)61-37(5)54(71)62-39-17-15-38(16-18-39)33-81-59(76)67-44-29-49(47(78-7)27-42(44)57(74)66-32-36(4)25-45(66)58(67)75)80-23-13-9-12-22-79-48-28-43-41(26-46(48)77-6)56(73)65-31-35(3)24-40(65)30-60-43/h15-20,26-30,34,37,40,45,53,58,75H,3-4,8-14,21-25,31-33H2,1-2,5-7H3,(H,61,72)(H,62,71)(H,63,68). The average molecular weight is 1120 g/mol. The predicted octanol–water partition coefficient (Wildman–Crippen LogP) is 6.13. The Morgan fingerprint density at radius 2 is 1.35 bits per heavy atom. The van der Waals surface area contributed by atoms with Gasteiger partial charge in [-0.2, -0.15) is 0 Å². The first kappa shape index (κ1) is 58.6. The molecule has 0 bridgehead atoms. The summed E-state index contributed by atoms with van der Waals surface area (Å²) < 4.78 is 29.4. The van der Waals surface area contributed by atoms with Gasteiger partial charge in [-0.15, -0.1) is 0 Å². The number of imide groups is 1. The molecule has 5 heterocycles. The smallest absolute Gasteiger partial charge is 0.416 e. The number of carbonyl (C=O) groups excluding carboxylic acids is 8. The molecule has 430 valence electrons. The van der Waals surface area contributed by atoms with E-state index in [4.69, 9.17) is 23.7 Å². The van der Waals surface area contributed by atoms with Crippen LogP contribution in [0.4, 0.5) is 21.9 Å². The lowest BCUT2D eigenvalue weighted by Crippen LogP contribution is -2.53. The maximum absolute atomic E-state index is 14.2. The van der Waals surface area contributed by atoms with E-state index in [1.165, 1.54) is 50.3 Å². The molecule has 0 saturated carbocycles. The molecule has 2 fully saturated rings. The van der Waals surface area contributed by atoms with Crippen LogP contribution in [-0.2, 0) is 35.3 Å². The number of aliphatic hydroxyl groups excluding tert-OH is 1. The van der Waals surface area contributed by atoms with E-state index in [9.17, 15) is 43.5 Å². The highest BCUT2D eigenvalue weighted by Gasteiger charge is 2.46. The number of unbranched alkanes of at least 4 members (excludes halogenated alkanes) is 4. The molecule has 3 aromatic rings. The van der Waals surface area contributed by atoms with Gasteiger partial charge in [0.05, 0.1) is 62.0 Å². The largest absolute Gasteiger partial charge is 0.493 e. The van der Waals surface area contributed by atoms with E-state index in [2.05, 4.69) is 34.1 Å². The molecule has 22 nitrogen and oxygen atoms in total. The van der Waals surface area contributed by atoms with Crippen LogP contribution in [0, 0.1) is 5.92 Å². The molecule has 0 spiro atoms. The molecule has 0 aliphatic carbocycles. The molecule has 81 heavy (non-hydrogen) atoms. The number of rotatable bonds is 24. The second-order valence-corrected chi connectivity index (χ2v) is 21.0. The summed E-state index contributed by atoms with van der Waals surface area (Å²) in [7, 11) is 2.96. The minimum Gasteiger partial charge on any atom is -0.493 e. The fraction of sp³-hybridized carbons (Fsp3) is 0.441. The number of ether oxygens (including phenoxy) is 5. The lowest BCUT2D eigenvalue weighted by Gasteiger charge is -2.31. The van der Waals surface area contributed by atoms with Crippen molar-refractivity contribution in [1.82, 2.24) is 25.3 Å². The van der Waals surface area contributed by atoms with Crippen molar-refractivity contribution in [3.05, 3.63) is 102 Å². The van der Waals surface area contributed by atoms with Gasteiger partial charge in [-0.05, 0) is 87.6 Å². The third-order valence-electron chi connectivity index (χ3n) is 14.7. The molecular formula is C59H70N8O14. The molecule has 5 aliphatic rings. The second kappa shape index (κ2) is 26.2. The minimum absolute atomic E-state index is 0.0625. The highest BCUT2D eigenvalue weighted by molar-refractivity contribution is 6.13. The molecule has 8 rings (SSSR count). The number of benzene rings is 3. The highest BCUT2D eigenvalue weighted by atomic mass is 16.6. The summed E-state index contributed by atoms with van der Waals surface area (Å²) in [5.41, 5.74) is 3.70. The highest BCUT2D eigenvalue weighted by Crippen LogP contribution is 2.43. The SMILES string of the molecule is C=C1CC2C=Nc3cc(OCCCCCOc4cc5c(cc4OC)C(=O)N4CC(=C)CC4C(O)N5C(=O)OCc4ccc(NC(=O)C(C)NC(=O)C(NC(=O)CCCCCN5C(=O)C=CC5=O)C(C)C)cc4)c(OC)cc3C(=O)N2C1. The molecular weight excluding hydrogens is 1040 g/mol. The van der Waals surface area contributed by atoms with Gasteiger partial charge in [0.1, 0.15) is 18.7 Å². The van der Waals surface area contributed by atoms with Gasteiger partial charge in [-0.3, -0.25) is 43.5 Å². The van der Waals surface area contributed by atoms with Gasteiger partial charge in [0.25, 0.3) is 23.6 Å². The molecule has 22 heteroatoms. The molecule has 5 atom stereocenters. The maximum atomic E-state index is 14.2. The van der Waals surface area contributed by atoms with Gasteiger partial charge in [0, 0.05) is 62.2 Å². The van der Waals surface area contributed by atoms with Gasteiger partial charge in [0.15, 0.2) is 29.2 Å². The van der Waals surface area contributed by atoms with Gasteiger partial charge in [-0.1, -0.05) is 56.7 Å². The van der Waals surface area contributed by atoms with Crippen LogP contribution < -0.4 is 39.8 Å². The summed E-state index contributed by atoms with van der Waals surface area (Å²) in [6, 6.07) is 9.95. The molecule has 4 N–H and O–H groups in total. The first-order valence-electron chi connectivity index (χ1n) is 27.2. The molecule has 0 radical (unpaired) electrons. The number of aliphatic hydroxyl groups is 1. The van der Waals surface area contributed by atoms with E-state index in [1.807, 2.05) is 0 Å². The number of nitrogens with zero attached hydrogens (tertiary/aromatic N) is 5. The average Bonchev–Trinajstić information content (AvgIpc) is 4.34. The fourth-order valence-electron chi connectivity index (χ4n) is 10.2. The van der Waals surface area contributed by atoms with Crippen molar-refractivity contribution >= 4 is 70.7 Å². The first-order chi connectivity index (χ1) is 38.8. The number of hydrogen-bond donors (Lipinski definition) is 4. The minimum atomic E-state index is -1.53. The van der Waals surface area contributed by atoms with Crippen LogP contribution in [0.3, 0.4) is 0 Å². The Balaban J connectivity index is 0.829. The van der Waals surface area contributed by atoms with Crippen LogP contribution in [-0.4, -0.2) is 151 Å². The van der Waals surface area contributed by atoms with Crippen LogP contribution in [0.15, 0.2) is 90.0 Å². The number of fused-ring (bicyclic) bond motifs is 4. The molecule has 2 saturated heterocycles. The third-order valence-corrected chi connectivity index (χ3v) is 14.7. The summed E-state index contributed by atoms with van der Waals surface area (Å²) in [6.07, 6.45) is 6.37. The number of anilines is 2. The zero-order chi connectivity index (χ0) is 58.1. The van der Waals surface area contributed by atoms with Crippen molar-refractivity contribution in [3.63, 3.8) is 0 Å². The Labute approximate surface area is 470 Å². The zero-order valence-corrected chi connectivity index (χ0v) is 46.3. The Hall–Kier alpha value is -8.53. The van der Waals surface area contributed by atoms with Crippen molar-refractivity contribution in [2.45, 2.75) is 116 Å². The topological polar surface area (TPSA) is 264 Å². The fourth-order valence-corrected chi connectivity index (χ4v) is 10.2. The normalized spacial score (nSPS) is 18.9. The molecule has 8 amide bonds. The van der Waals surface area contributed by atoms with E-state index < -0.39 is 48.2 Å². The molecule has 0 aromatic heterocycles. The van der Waals surface area contributed by atoms with Crippen molar-refractivity contribution < 1.29 is 67.1 Å². The Kier molecular flexibility index (Phi) is 18.9. The zero-order valence-electron chi connectivity index (χ0n) is 46.3. The third kappa shape index (κ3) is 13.7. The van der Waals surface area contributed by atoms with E-state index in [1.54, 1.807) is 61.4 Å². The van der Waals surface area contributed by atoms with Crippen LogP contribution >= 0.6 is 0 Å². The first-order valence-corrected chi connectivity index (χ1v) is 27.2. The number of amides is 8. The summed E-state index contributed by atoms with van der Waals surface area (Å²) in [5, 5.41) is 20.1. The maximum Gasteiger partial charge on any atom is 0.416 e. The van der Waals surface area contributed by atoms with Gasteiger partial charge < -0.3 is 54.5 Å². The monoisotopic (exact) mass is 1110 g/mol. The summed E-state index contributed by atoms with van der Waals surface area (Å²) in [5.74, 6) is -1.61. The van der Waals surface area contributed by atoms with E-state index in [-0.39, 0.29) is 97.5 Å². The molecule has 5 unspecified atom stereocenters. The Bertz CT molecular complexity index is 3010. The number of aliphatic imine (C=N–C) groups is 1. The van der Waals surface area contributed by atoms with Gasteiger partial charge in [-0.25, -0.2) is 9.69 Å². The van der Waals surface area contributed by atoms with Crippen molar-refractivity contribution in [1.29, 1.82) is 0 Å². The predicted molar refractivity (Wildman–Crippen MR) is 299 cm³/mol. The Morgan fingerprint density at radius 3 is 2.01 bits per heavy atom. The summed E-state index contributed by atoms with van der Waals surface area (Å²) in [4.78, 5) is 115. The van der Waals surface area contributed by atoms with Gasteiger partial charge >= 0.3 is 6.09 Å². The van der Waals surface area contributed by atoms with Gasteiger partial charge in [0.2, 0.25) is 17.7 Å². The number of carbonyl (C=O) groups is 8. The summed E-state index contributed by atoms with van der Waals surface area (Å²) >= 11 is 0. The number of hydrogen-bond acceptors (Lipinski definition) is 15. The van der Waals surface area contributed by atoms with Crippen LogP contribution in [0.2, 0.25) is 0 Å². The van der Waals surface area contributed by atoms with Crippen LogP contribution in [0.25, 0.3) is 0 Å². The van der Waals surface area contributed by atoms with Crippen molar-refractivity contribution in [3.8, 4) is 23.0 Å². The molecule has 5 aliphatic heterocycles. The lowest BCUT2D eigenvalue weighted by atomic mass is 10.0. The van der Waals surface area contributed by atoms with Crippen LogP contribution in [0.5, 0.6) is 23.0 Å². The Morgan fingerprint density at radius 1 is 0.728 bits per heavy atom. The second-order valence-electron chi connectivity index (χ2n) is 21.0. The van der Waals surface area contributed by atoms with E-state index >= 15 is 0 Å².